The van der Waals surface area contributed by atoms with Crippen molar-refractivity contribution >= 4 is 11.6 Å². The highest BCUT2D eigenvalue weighted by Gasteiger charge is 2.38. The van der Waals surface area contributed by atoms with Crippen LogP contribution < -0.4 is 11.1 Å². The Labute approximate surface area is 170 Å². The first-order valence-electron chi connectivity index (χ1n) is 9.19. The predicted octanol–water partition coefficient (Wildman–Crippen LogP) is 1.85. The van der Waals surface area contributed by atoms with Gasteiger partial charge in [-0.05, 0) is 25.5 Å². The lowest BCUT2D eigenvalue weighted by Gasteiger charge is -2.37. The molecule has 2 unspecified atom stereocenters. The van der Waals surface area contributed by atoms with E-state index in [1.165, 1.54) is 7.11 Å². The maximum absolute atomic E-state index is 10.8. The molecule has 156 valence electrons. The monoisotopic (exact) mass is 412 g/mol. The normalized spacial score (nSPS) is 19.6. The fourth-order valence-corrected chi connectivity index (χ4v) is 3.59. The highest BCUT2D eigenvalue weighted by Crippen LogP contribution is 2.43. The zero-order chi connectivity index (χ0) is 20.7. The number of hydrogen-bond acceptors (Lipinski definition) is 7. The van der Waals surface area contributed by atoms with Crippen LogP contribution >= 0.6 is 11.6 Å². The van der Waals surface area contributed by atoms with Crippen molar-refractivity contribution in [3.8, 4) is 0 Å². The molecule has 0 amide bonds. The topological polar surface area (TPSA) is 106 Å². The fraction of sp³-hybridized carbons (Fsp3) is 0.500. The van der Waals surface area contributed by atoms with Crippen molar-refractivity contribution in [1.82, 2.24) is 5.32 Å². The number of benzene rings is 1. The number of dihydropyridines is 1. The zero-order valence-corrected chi connectivity index (χ0v) is 17.2. The molecule has 0 fully saturated rings. The first kappa shape index (κ1) is 22.8. The van der Waals surface area contributed by atoms with Crippen LogP contribution in [-0.2, 0) is 14.2 Å². The van der Waals surface area contributed by atoms with Crippen LogP contribution in [0.5, 0.6) is 0 Å². The van der Waals surface area contributed by atoms with Gasteiger partial charge in [-0.1, -0.05) is 29.8 Å². The maximum atomic E-state index is 10.8. The third-order valence-electron chi connectivity index (χ3n) is 4.55. The summed E-state index contributed by atoms with van der Waals surface area (Å²) < 4.78 is 16.3. The maximum Gasteiger partial charge on any atom is 0.180 e. The van der Waals surface area contributed by atoms with Crippen LogP contribution in [0.4, 0.5) is 0 Å². The van der Waals surface area contributed by atoms with Crippen molar-refractivity contribution in [2.24, 2.45) is 5.73 Å². The van der Waals surface area contributed by atoms with Crippen molar-refractivity contribution < 1.29 is 24.4 Å². The Balaban J connectivity index is 2.64. The number of rotatable bonds is 10. The largest absolute Gasteiger partial charge is 0.374 e. The number of hydrogen-bond donors (Lipinski definition) is 4. The number of nitrogens with two attached hydrogens (primary N) is 1. The van der Waals surface area contributed by atoms with Gasteiger partial charge in [0.15, 0.2) is 12.6 Å². The van der Waals surface area contributed by atoms with Gasteiger partial charge in [0.1, 0.15) is 0 Å². The smallest absolute Gasteiger partial charge is 0.180 e. The number of ether oxygens (including phenoxy) is 3. The Morgan fingerprint density at radius 3 is 2.54 bits per heavy atom. The fourth-order valence-electron chi connectivity index (χ4n) is 3.34. The predicted molar refractivity (Wildman–Crippen MR) is 108 cm³/mol. The Kier molecular flexibility index (Phi) is 8.91. The van der Waals surface area contributed by atoms with Crippen molar-refractivity contribution in [3.05, 3.63) is 57.4 Å². The first-order chi connectivity index (χ1) is 13.5. The van der Waals surface area contributed by atoms with E-state index in [9.17, 15) is 10.2 Å². The van der Waals surface area contributed by atoms with E-state index >= 15 is 0 Å². The molecular formula is C20H29ClN2O5. The lowest BCUT2D eigenvalue weighted by atomic mass is 9.79. The molecule has 28 heavy (non-hydrogen) atoms. The van der Waals surface area contributed by atoms with Gasteiger partial charge in [0.05, 0.1) is 13.2 Å². The quantitative estimate of drug-likeness (QED) is 0.343. The molecule has 1 heterocycles. The average molecular weight is 413 g/mol. The molecule has 0 saturated carbocycles. The Morgan fingerprint density at radius 1 is 1.21 bits per heavy atom. The van der Waals surface area contributed by atoms with E-state index in [0.29, 0.717) is 47.3 Å². The minimum Gasteiger partial charge on any atom is -0.374 e. The number of aliphatic hydroxyl groups is 2. The molecule has 3 atom stereocenters. The van der Waals surface area contributed by atoms with Crippen LogP contribution in [0.1, 0.15) is 25.3 Å². The molecular weight excluding hydrogens is 384 g/mol. The summed E-state index contributed by atoms with van der Waals surface area (Å²) in [6, 6.07) is 7.29. The molecule has 1 aromatic carbocycles. The van der Waals surface area contributed by atoms with Gasteiger partial charge in [-0.3, -0.25) is 0 Å². The Morgan fingerprint density at radius 2 is 1.93 bits per heavy atom. The second-order valence-electron chi connectivity index (χ2n) is 6.33. The van der Waals surface area contributed by atoms with Gasteiger partial charge < -0.3 is 35.5 Å². The molecule has 0 radical (unpaired) electrons. The highest BCUT2D eigenvalue weighted by molar-refractivity contribution is 6.31. The number of aliphatic hydroxyl groups excluding tert-OH is 2. The summed E-state index contributed by atoms with van der Waals surface area (Å²) >= 11 is 6.48. The lowest BCUT2D eigenvalue weighted by molar-refractivity contribution is -0.0761. The van der Waals surface area contributed by atoms with Gasteiger partial charge in [0.25, 0.3) is 0 Å². The summed E-state index contributed by atoms with van der Waals surface area (Å²) in [5, 5.41) is 25.1. The average Bonchev–Trinajstić information content (AvgIpc) is 2.67. The molecule has 5 N–H and O–H groups in total. The van der Waals surface area contributed by atoms with E-state index in [1.807, 2.05) is 25.1 Å². The van der Waals surface area contributed by atoms with Crippen molar-refractivity contribution in [3.63, 3.8) is 0 Å². The molecule has 1 aliphatic rings. The molecule has 1 aromatic rings. The van der Waals surface area contributed by atoms with E-state index in [4.69, 9.17) is 31.5 Å². The highest BCUT2D eigenvalue weighted by atomic mass is 35.5. The molecule has 0 saturated heterocycles. The summed E-state index contributed by atoms with van der Waals surface area (Å²) in [7, 11) is 1.41. The van der Waals surface area contributed by atoms with Crippen molar-refractivity contribution in [2.45, 2.75) is 32.3 Å². The Hall–Kier alpha value is -1.45. The molecule has 0 aliphatic carbocycles. The Bertz CT molecular complexity index is 722. The first-order valence-corrected chi connectivity index (χ1v) is 9.57. The standard InChI is InChI=1S/C20H29ClN2O5/c1-4-28-20(25)18-15(11-27-10-9-22)23-12(2)16(19(24)26-3)17(18)13-7-5-6-8-14(13)21/h5-8,17,19-20,23-25H,4,9-11,22H2,1-3H3/t17-,19?,20?/m0/s1. The van der Waals surface area contributed by atoms with Gasteiger partial charge in [-0.15, -0.1) is 0 Å². The van der Waals surface area contributed by atoms with Gasteiger partial charge in [0, 0.05) is 53.7 Å². The second-order valence-corrected chi connectivity index (χ2v) is 6.74. The van der Waals surface area contributed by atoms with Crippen molar-refractivity contribution in [2.75, 3.05) is 33.5 Å². The van der Waals surface area contributed by atoms with Crippen LogP contribution in [0.3, 0.4) is 0 Å². The van der Waals surface area contributed by atoms with Gasteiger partial charge in [0.2, 0.25) is 0 Å². The van der Waals surface area contributed by atoms with Crippen LogP contribution in [-0.4, -0.2) is 56.3 Å². The SMILES string of the molecule is CCOC(O)C1=C(COCCN)NC(C)=C(C(O)OC)[C@@H]1c1ccccc1Cl. The van der Waals surface area contributed by atoms with Gasteiger partial charge in [-0.2, -0.15) is 0 Å². The van der Waals surface area contributed by atoms with Gasteiger partial charge in [-0.25, -0.2) is 0 Å². The molecule has 1 aliphatic heterocycles. The molecule has 2 rings (SSSR count). The third-order valence-corrected chi connectivity index (χ3v) is 4.89. The number of halogens is 1. The van der Waals surface area contributed by atoms with Gasteiger partial charge >= 0.3 is 0 Å². The van der Waals surface area contributed by atoms with Crippen molar-refractivity contribution in [1.29, 1.82) is 0 Å². The number of allylic oxidation sites excluding steroid dienone is 1. The van der Waals surface area contributed by atoms with E-state index in [1.54, 1.807) is 13.0 Å². The molecule has 0 aromatic heterocycles. The van der Waals surface area contributed by atoms with E-state index < -0.39 is 18.5 Å². The number of methoxy groups -OCH3 is 1. The molecule has 0 bridgehead atoms. The second kappa shape index (κ2) is 10.9. The summed E-state index contributed by atoms with van der Waals surface area (Å²) in [6.45, 7) is 4.88. The molecule has 7 nitrogen and oxygen atoms in total. The van der Waals surface area contributed by atoms with Crippen LogP contribution in [0.15, 0.2) is 46.8 Å². The molecule has 0 spiro atoms. The minimum atomic E-state index is -1.22. The van der Waals surface area contributed by atoms with Crippen LogP contribution in [0, 0.1) is 0 Å². The number of nitrogens with one attached hydrogen (secondary N) is 1. The van der Waals surface area contributed by atoms with E-state index in [0.717, 1.165) is 5.56 Å². The summed E-state index contributed by atoms with van der Waals surface area (Å²) in [5.74, 6) is -0.553. The van der Waals surface area contributed by atoms with E-state index in [2.05, 4.69) is 5.32 Å². The van der Waals surface area contributed by atoms with Crippen LogP contribution in [0.2, 0.25) is 5.02 Å². The van der Waals surface area contributed by atoms with Crippen LogP contribution in [0.25, 0.3) is 0 Å². The summed E-state index contributed by atoms with van der Waals surface area (Å²) in [6.07, 6.45) is -2.41. The lowest BCUT2D eigenvalue weighted by Crippen LogP contribution is -2.37. The minimum absolute atomic E-state index is 0.200. The third kappa shape index (κ3) is 5.12. The summed E-state index contributed by atoms with van der Waals surface area (Å²) in [5.41, 5.74) is 8.64. The summed E-state index contributed by atoms with van der Waals surface area (Å²) in [4.78, 5) is 0. The molecule has 8 heteroatoms. The zero-order valence-electron chi connectivity index (χ0n) is 16.4. The van der Waals surface area contributed by atoms with E-state index in [-0.39, 0.29) is 6.61 Å².